The van der Waals surface area contributed by atoms with E-state index in [0.717, 1.165) is 54.5 Å². The summed E-state index contributed by atoms with van der Waals surface area (Å²) in [5.74, 6) is 0.851. The highest BCUT2D eigenvalue weighted by atomic mass is 35.5. The first-order chi connectivity index (χ1) is 14.5. The number of benzene rings is 2. The third kappa shape index (κ3) is 4.80. The van der Waals surface area contributed by atoms with Crippen LogP contribution in [-0.2, 0) is 4.79 Å². The number of halogens is 2. The SMILES string of the molecule is CN1CCCN(c2ccccc2/C=C2/SCCN(c3ccc(Cl)c(Cl)c3)C2=O)CC1. The van der Waals surface area contributed by atoms with Gasteiger partial charge in [0.05, 0.1) is 15.0 Å². The maximum atomic E-state index is 13.3. The molecule has 0 radical (unpaired) electrons. The molecule has 7 heteroatoms. The lowest BCUT2D eigenvalue weighted by atomic mass is 10.1. The molecule has 2 saturated heterocycles. The number of carbonyl (C=O) groups excluding carboxylic acids is 1. The molecule has 158 valence electrons. The maximum absolute atomic E-state index is 13.3. The van der Waals surface area contributed by atoms with Crippen molar-refractivity contribution in [3.63, 3.8) is 0 Å². The maximum Gasteiger partial charge on any atom is 0.264 e. The Bertz CT molecular complexity index is 965. The average Bonchev–Trinajstić information content (AvgIpc) is 2.96. The van der Waals surface area contributed by atoms with Crippen molar-refractivity contribution in [2.45, 2.75) is 6.42 Å². The van der Waals surface area contributed by atoms with E-state index in [1.54, 1.807) is 28.8 Å². The van der Waals surface area contributed by atoms with Crippen LogP contribution in [0.2, 0.25) is 10.0 Å². The molecule has 0 N–H and O–H groups in total. The first-order valence-corrected chi connectivity index (χ1v) is 11.9. The fourth-order valence-electron chi connectivity index (χ4n) is 3.87. The van der Waals surface area contributed by atoms with Gasteiger partial charge in [-0.2, -0.15) is 0 Å². The predicted octanol–water partition coefficient (Wildman–Crippen LogP) is 5.26. The van der Waals surface area contributed by atoms with Crippen LogP contribution in [-0.4, -0.2) is 56.3 Å². The quantitative estimate of drug-likeness (QED) is 0.582. The van der Waals surface area contributed by atoms with Gasteiger partial charge < -0.3 is 14.7 Å². The molecule has 0 unspecified atom stereocenters. The second kappa shape index (κ2) is 9.65. The highest BCUT2D eigenvalue weighted by Crippen LogP contribution is 2.34. The van der Waals surface area contributed by atoms with Crippen LogP contribution in [0.15, 0.2) is 47.4 Å². The molecule has 0 atom stereocenters. The Morgan fingerprint density at radius 2 is 1.80 bits per heavy atom. The minimum atomic E-state index is 0.00930. The standard InChI is InChI=1S/C23H25Cl2N3OS/c1-26-9-4-10-27(12-11-26)21-6-3-2-5-17(21)15-22-23(29)28(13-14-30-22)18-7-8-19(24)20(25)16-18/h2-3,5-8,15-16H,4,9-14H2,1H3/b22-15+. The van der Waals surface area contributed by atoms with Crippen LogP contribution in [0.4, 0.5) is 11.4 Å². The molecule has 2 aliphatic rings. The van der Waals surface area contributed by atoms with Crippen molar-refractivity contribution < 1.29 is 4.79 Å². The van der Waals surface area contributed by atoms with E-state index in [1.807, 2.05) is 18.2 Å². The topological polar surface area (TPSA) is 26.8 Å². The minimum Gasteiger partial charge on any atom is -0.370 e. The van der Waals surface area contributed by atoms with E-state index in [4.69, 9.17) is 23.2 Å². The lowest BCUT2D eigenvalue weighted by Gasteiger charge is -2.29. The number of para-hydroxylation sites is 1. The van der Waals surface area contributed by atoms with E-state index in [0.29, 0.717) is 16.6 Å². The summed E-state index contributed by atoms with van der Waals surface area (Å²) in [6.07, 6.45) is 3.18. The van der Waals surface area contributed by atoms with Crippen molar-refractivity contribution in [2.75, 3.05) is 55.3 Å². The molecule has 0 saturated carbocycles. The summed E-state index contributed by atoms with van der Waals surface area (Å²) in [5.41, 5.74) is 3.07. The van der Waals surface area contributed by atoms with E-state index >= 15 is 0 Å². The molecule has 1 amide bonds. The predicted molar refractivity (Wildman–Crippen MR) is 130 cm³/mol. The van der Waals surface area contributed by atoms with Gasteiger partial charge in [-0.15, -0.1) is 11.8 Å². The first-order valence-electron chi connectivity index (χ1n) is 10.2. The van der Waals surface area contributed by atoms with Crippen LogP contribution in [0.3, 0.4) is 0 Å². The first kappa shape index (κ1) is 21.6. The summed E-state index contributed by atoms with van der Waals surface area (Å²) in [6.45, 7) is 4.84. The lowest BCUT2D eigenvalue weighted by Crippen LogP contribution is -2.37. The van der Waals surface area contributed by atoms with E-state index in [-0.39, 0.29) is 5.91 Å². The zero-order valence-corrected chi connectivity index (χ0v) is 19.3. The van der Waals surface area contributed by atoms with Crippen molar-refractivity contribution >= 4 is 58.3 Å². The van der Waals surface area contributed by atoms with Crippen LogP contribution in [0.1, 0.15) is 12.0 Å². The van der Waals surface area contributed by atoms with Gasteiger partial charge in [-0.25, -0.2) is 0 Å². The van der Waals surface area contributed by atoms with Gasteiger partial charge in [0, 0.05) is 43.3 Å². The highest BCUT2D eigenvalue weighted by molar-refractivity contribution is 8.04. The van der Waals surface area contributed by atoms with Crippen molar-refractivity contribution in [2.24, 2.45) is 0 Å². The fourth-order valence-corrected chi connectivity index (χ4v) is 5.10. The van der Waals surface area contributed by atoms with Crippen LogP contribution < -0.4 is 9.80 Å². The number of amides is 1. The summed E-state index contributed by atoms with van der Waals surface area (Å²) in [6, 6.07) is 13.7. The highest BCUT2D eigenvalue weighted by Gasteiger charge is 2.26. The second-order valence-electron chi connectivity index (χ2n) is 7.61. The number of carbonyl (C=O) groups is 1. The fraction of sp³-hybridized carbons (Fsp3) is 0.348. The Kier molecular flexibility index (Phi) is 6.94. The van der Waals surface area contributed by atoms with Gasteiger partial charge in [0.15, 0.2) is 0 Å². The van der Waals surface area contributed by atoms with E-state index in [9.17, 15) is 4.79 Å². The Labute approximate surface area is 192 Å². The van der Waals surface area contributed by atoms with Crippen LogP contribution in [0.25, 0.3) is 6.08 Å². The molecule has 2 aliphatic heterocycles. The van der Waals surface area contributed by atoms with Gasteiger partial charge in [-0.05, 0) is 55.9 Å². The summed E-state index contributed by atoms with van der Waals surface area (Å²) in [5, 5.41) is 0.953. The molecule has 2 aromatic rings. The van der Waals surface area contributed by atoms with Crippen LogP contribution in [0, 0.1) is 0 Å². The molecule has 4 nitrogen and oxygen atoms in total. The van der Waals surface area contributed by atoms with Crippen LogP contribution >= 0.6 is 35.0 Å². The molecule has 0 spiro atoms. The average molecular weight is 462 g/mol. The van der Waals surface area contributed by atoms with Crippen molar-refractivity contribution in [3.05, 3.63) is 63.0 Å². The van der Waals surface area contributed by atoms with Gasteiger partial charge >= 0.3 is 0 Å². The van der Waals surface area contributed by atoms with E-state index < -0.39 is 0 Å². The monoisotopic (exact) mass is 461 g/mol. The zero-order valence-electron chi connectivity index (χ0n) is 17.0. The third-order valence-electron chi connectivity index (χ3n) is 5.53. The van der Waals surface area contributed by atoms with Crippen molar-refractivity contribution in [3.8, 4) is 0 Å². The summed E-state index contributed by atoms with van der Waals surface area (Å²) >= 11 is 13.8. The van der Waals surface area contributed by atoms with Crippen molar-refractivity contribution in [1.29, 1.82) is 0 Å². The zero-order chi connectivity index (χ0) is 21.1. The second-order valence-corrected chi connectivity index (χ2v) is 9.57. The number of nitrogens with zero attached hydrogens (tertiary/aromatic N) is 3. The largest absolute Gasteiger partial charge is 0.370 e. The molecule has 2 fully saturated rings. The number of anilines is 2. The Hall–Kier alpha value is -1.66. The normalized spacial score (nSPS) is 20.0. The smallest absolute Gasteiger partial charge is 0.264 e. The van der Waals surface area contributed by atoms with E-state index in [2.05, 4.69) is 35.0 Å². The molecule has 0 aliphatic carbocycles. The molecular weight excluding hydrogens is 437 g/mol. The molecule has 4 rings (SSSR count). The van der Waals surface area contributed by atoms with Gasteiger partial charge in [0.1, 0.15) is 0 Å². The van der Waals surface area contributed by atoms with Gasteiger partial charge in [-0.1, -0.05) is 41.4 Å². The van der Waals surface area contributed by atoms with Gasteiger partial charge in [0.25, 0.3) is 5.91 Å². The number of thioether (sulfide) groups is 1. The van der Waals surface area contributed by atoms with Gasteiger partial charge in [-0.3, -0.25) is 4.79 Å². The Morgan fingerprint density at radius 3 is 2.63 bits per heavy atom. The third-order valence-corrected chi connectivity index (χ3v) is 7.26. The lowest BCUT2D eigenvalue weighted by molar-refractivity contribution is -0.114. The summed E-state index contributed by atoms with van der Waals surface area (Å²) < 4.78 is 0. The molecule has 2 aromatic carbocycles. The minimum absolute atomic E-state index is 0.00930. The molecule has 0 bridgehead atoms. The molecule has 2 heterocycles. The summed E-state index contributed by atoms with van der Waals surface area (Å²) in [7, 11) is 2.17. The Balaban J connectivity index is 1.61. The number of hydrogen-bond donors (Lipinski definition) is 0. The van der Waals surface area contributed by atoms with Crippen LogP contribution in [0.5, 0.6) is 0 Å². The summed E-state index contributed by atoms with van der Waals surface area (Å²) in [4.78, 5) is 20.6. The van der Waals surface area contributed by atoms with E-state index in [1.165, 1.54) is 5.69 Å². The number of likely N-dealkylation sites (N-methyl/N-ethyl adjacent to an activating group) is 1. The van der Waals surface area contributed by atoms with Gasteiger partial charge in [0.2, 0.25) is 0 Å². The Morgan fingerprint density at radius 1 is 0.967 bits per heavy atom. The molecule has 0 aromatic heterocycles. The molecule has 30 heavy (non-hydrogen) atoms. The molecular formula is C23H25Cl2N3OS. The number of rotatable bonds is 3. The van der Waals surface area contributed by atoms with Crippen molar-refractivity contribution in [1.82, 2.24) is 4.90 Å². The number of hydrogen-bond acceptors (Lipinski definition) is 4.